The van der Waals surface area contributed by atoms with Gasteiger partial charge in [-0.15, -0.1) is 0 Å². The molecule has 2 heterocycles. The molecule has 1 aromatic heterocycles. The van der Waals surface area contributed by atoms with Crippen molar-refractivity contribution in [2.24, 2.45) is 0 Å². The molecule has 3 aromatic rings. The summed E-state index contributed by atoms with van der Waals surface area (Å²) in [5.41, 5.74) is 4.87. The Morgan fingerprint density at radius 2 is 1.70 bits per heavy atom. The summed E-state index contributed by atoms with van der Waals surface area (Å²) in [6.45, 7) is 5.56. The summed E-state index contributed by atoms with van der Waals surface area (Å²) in [5, 5.41) is 6.19. The molecule has 6 heteroatoms. The fourth-order valence-corrected chi connectivity index (χ4v) is 4.95. The first-order valence-corrected chi connectivity index (χ1v) is 12.0. The smallest absolute Gasteiger partial charge is 0.315 e. The summed E-state index contributed by atoms with van der Waals surface area (Å²) >= 11 is 0. The Balaban J connectivity index is 1.14. The minimum Gasteiger partial charge on any atom is -0.469 e. The normalized spacial score (nSPS) is 18.5. The van der Waals surface area contributed by atoms with Gasteiger partial charge in [0.25, 0.3) is 0 Å². The van der Waals surface area contributed by atoms with Gasteiger partial charge in [0.05, 0.1) is 12.3 Å². The highest BCUT2D eigenvalue weighted by atomic mass is 16.3. The van der Waals surface area contributed by atoms with Crippen molar-refractivity contribution in [3.63, 3.8) is 0 Å². The van der Waals surface area contributed by atoms with Gasteiger partial charge in [0.2, 0.25) is 0 Å². The van der Waals surface area contributed by atoms with Crippen LogP contribution in [0.5, 0.6) is 0 Å². The van der Waals surface area contributed by atoms with Gasteiger partial charge in [-0.1, -0.05) is 42.5 Å². The van der Waals surface area contributed by atoms with Crippen LogP contribution in [-0.4, -0.2) is 37.1 Å². The Morgan fingerprint density at radius 3 is 2.52 bits per heavy atom. The maximum Gasteiger partial charge on any atom is 0.315 e. The van der Waals surface area contributed by atoms with E-state index in [-0.39, 0.29) is 12.1 Å². The SMILES string of the molecule is O=C(NCc1ccccc1CN1CCN(c2ccccc2)CC1)NC1CCCc2occc21. The number of hydrogen-bond donors (Lipinski definition) is 2. The molecule has 2 amide bonds. The number of piperazine rings is 1. The highest BCUT2D eigenvalue weighted by Gasteiger charge is 2.24. The molecule has 2 aromatic carbocycles. The zero-order valence-electron chi connectivity index (χ0n) is 19.0. The third kappa shape index (κ3) is 5.22. The van der Waals surface area contributed by atoms with Crippen molar-refractivity contribution in [2.75, 3.05) is 31.1 Å². The molecule has 1 saturated heterocycles. The number of benzene rings is 2. The van der Waals surface area contributed by atoms with Crippen LogP contribution in [0.2, 0.25) is 0 Å². The van der Waals surface area contributed by atoms with Crippen LogP contribution in [0, 0.1) is 0 Å². The number of hydrogen-bond acceptors (Lipinski definition) is 4. The van der Waals surface area contributed by atoms with Gasteiger partial charge in [0.1, 0.15) is 5.76 Å². The van der Waals surface area contributed by atoms with Crippen molar-refractivity contribution in [2.45, 2.75) is 38.4 Å². The minimum atomic E-state index is -0.125. The second-order valence-corrected chi connectivity index (χ2v) is 8.94. The number of anilines is 1. The number of urea groups is 1. The van der Waals surface area contributed by atoms with Gasteiger partial charge < -0.3 is 20.0 Å². The van der Waals surface area contributed by atoms with Gasteiger partial charge in [-0.05, 0) is 42.2 Å². The molecule has 2 N–H and O–H groups in total. The molecule has 0 saturated carbocycles. The maximum atomic E-state index is 12.6. The Kier molecular flexibility index (Phi) is 6.63. The summed E-state index contributed by atoms with van der Waals surface area (Å²) in [4.78, 5) is 17.6. The van der Waals surface area contributed by atoms with E-state index in [9.17, 15) is 4.79 Å². The van der Waals surface area contributed by atoms with Crippen LogP contribution in [0.3, 0.4) is 0 Å². The second-order valence-electron chi connectivity index (χ2n) is 8.94. The first-order chi connectivity index (χ1) is 16.3. The minimum absolute atomic E-state index is 0.0312. The topological polar surface area (TPSA) is 60.8 Å². The molecular formula is C27H32N4O2. The van der Waals surface area contributed by atoms with E-state index >= 15 is 0 Å². The van der Waals surface area contributed by atoms with Crippen molar-refractivity contribution in [1.29, 1.82) is 0 Å². The molecule has 1 atom stereocenters. The molecule has 6 nitrogen and oxygen atoms in total. The molecule has 33 heavy (non-hydrogen) atoms. The molecular weight excluding hydrogens is 412 g/mol. The van der Waals surface area contributed by atoms with Gasteiger partial charge in [-0.3, -0.25) is 4.90 Å². The summed E-state index contributed by atoms with van der Waals surface area (Å²) < 4.78 is 5.54. The third-order valence-electron chi connectivity index (χ3n) is 6.80. The number of furan rings is 1. The van der Waals surface area contributed by atoms with Crippen LogP contribution in [0.25, 0.3) is 0 Å². The molecule has 1 fully saturated rings. The van der Waals surface area contributed by atoms with Crippen molar-refractivity contribution < 1.29 is 9.21 Å². The number of nitrogens with one attached hydrogen (secondary N) is 2. The fourth-order valence-electron chi connectivity index (χ4n) is 4.95. The van der Waals surface area contributed by atoms with Crippen LogP contribution in [0.1, 0.15) is 41.3 Å². The zero-order valence-corrected chi connectivity index (χ0v) is 19.0. The van der Waals surface area contributed by atoms with Crippen LogP contribution < -0.4 is 15.5 Å². The Bertz CT molecular complexity index is 1060. The van der Waals surface area contributed by atoms with E-state index < -0.39 is 0 Å². The lowest BCUT2D eigenvalue weighted by Gasteiger charge is -2.36. The van der Waals surface area contributed by atoms with E-state index in [2.05, 4.69) is 69.0 Å². The summed E-state index contributed by atoms with van der Waals surface area (Å²) in [6.07, 6.45) is 4.66. The number of carbonyl (C=O) groups excluding carboxylic acids is 1. The average Bonchev–Trinajstić information content (AvgIpc) is 3.35. The van der Waals surface area contributed by atoms with Gasteiger partial charge >= 0.3 is 6.03 Å². The maximum absolute atomic E-state index is 12.6. The molecule has 0 spiro atoms. The second kappa shape index (κ2) is 10.1. The average molecular weight is 445 g/mol. The first kappa shape index (κ1) is 21.6. The Labute approximate surface area is 195 Å². The summed E-state index contributed by atoms with van der Waals surface area (Å²) in [6, 6.07) is 20.9. The third-order valence-corrected chi connectivity index (χ3v) is 6.80. The number of aryl methyl sites for hydroxylation is 1. The predicted molar refractivity (Wildman–Crippen MR) is 130 cm³/mol. The molecule has 0 bridgehead atoms. The highest BCUT2D eigenvalue weighted by Crippen LogP contribution is 2.30. The number of nitrogens with zero attached hydrogens (tertiary/aromatic N) is 2. The van der Waals surface area contributed by atoms with Crippen LogP contribution in [0.4, 0.5) is 10.5 Å². The van der Waals surface area contributed by atoms with Crippen molar-refractivity contribution in [3.05, 3.63) is 89.4 Å². The Hall–Kier alpha value is -3.25. The molecule has 0 radical (unpaired) electrons. The monoisotopic (exact) mass is 444 g/mol. The van der Waals surface area contributed by atoms with E-state index in [1.807, 2.05) is 12.1 Å². The van der Waals surface area contributed by atoms with Crippen molar-refractivity contribution in [3.8, 4) is 0 Å². The van der Waals surface area contributed by atoms with Crippen molar-refractivity contribution >= 4 is 11.7 Å². The predicted octanol–water partition coefficient (Wildman–Crippen LogP) is 4.48. The molecule has 1 aliphatic heterocycles. The lowest BCUT2D eigenvalue weighted by molar-refractivity contribution is 0.234. The van der Waals surface area contributed by atoms with E-state index in [4.69, 9.17) is 4.42 Å². The van der Waals surface area contributed by atoms with Crippen LogP contribution >= 0.6 is 0 Å². The standard InChI is InChI=1S/C27H32N4O2/c32-27(29-25-11-6-12-26-24(25)13-18-33-26)28-19-21-7-4-5-8-22(21)20-30-14-16-31(17-15-30)23-9-2-1-3-10-23/h1-5,7-10,13,18,25H,6,11-12,14-17,19-20H2,(H2,28,29,32). The number of amides is 2. The number of carbonyl (C=O) groups is 1. The zero-order chi connectivity index (χ0) is 22.5. The number of rotatable bonds is 6. The van der Waals surface area contributed by atoms with E-state index in [1.54, 1.807) is 6.26 Å². The first-order valence-electron chi connectivity index (χ1n) is 12.0. The molecule has 5 rings (SSSR count). The molecule has 1 unspecified atom stereocenters. The van der Waals surface area contributed by atoms with E-state index in [1.165, 1.54) is 16.8 Å². The number of para-hydroxylation sites is 1. The van der Waals surface area contributed by atoms with Crippen LogP contribution in [-0.2, 0) is 19.5 Å². The fraction of sp³-hybridized carbons (Fsp3) is 0.370. The van der Waals surface area contributed by atoms with Gasteiger partial charge in [0.15, 0.2) is 0 Å². The van der Waals surface area contributed by atoms with Gasteiger partial charge in [-0.2, -0.15) is 0 Å². The van der Waals surface area contributed by atoms with Crippen LogP contribution in [0.15, 0.2) is 71.3 Å². The highest BCUT2D eigenvalue weighted by molar-refractivity contribution is 5.74. The van der Waals surface area contributed by atoms with E-state index in [0.717, 1.165) is 63.3 Å². The van der Waals surface area contributed by atoms with E-state index in [0.29, 0.717) is 6.54 Å². The van der Waals surface area contributed by atoms with Gasteiger partial charge in [0, 0.05) is 56.9 Å². The summed E-state index contributed by atoms with van der Waals surface area (Å²) in [5.74, 6) is 1.00. The Morgan fingerprint density at radius 1 is 0.939 bits per heavy atom. The number of fused-ring (bicyclic) bond motifs is 1. The summed E-state index contributed by atoms with van der Waals surface area (Å²) in [7, 11) is 0. The lowest BCUT2D eigenvalue weighted by atomic mass is 9.93. The molecule has 2 aliphatic rings. The molecule has 1 aliphatic carbocycles. The lowest BCUT2D eigenvalue weighted by Crippen LogP contribution is -2.46. The van der Waals surface area contributed by atoms with Gasteiger partial charge in [-0.25, -0.2) is 4.79 Å². The largest absolute Gasteiger partial charge is 0.469 e. The molecule has 172 valence electrons. The quantitative estimate of drug-likeness (QED) is 0.589. The van der Waals surface area contributed by atoms with Crippen molar-refractivity contribution in [1.82, 2.24) is 15.5 Å².